The van der Waals surface area contributed by atoms with Gasteiger partial charge in [-0.15, -0.1) is 0 Å². The maximum atomic E-state index is 12.4. The molecule has 0 spiro atoms. The minimum atomic E-state index is -4.55. The Kier molecular flexibility index (Phi) is 3.66. The monoisotopic (exact) mass is 307 g/mol. The van der Waals surface area contributed by atoms with Gasteiger partial charge in [0.05, 0.1) is 5.52 Å². The molecule has 0 fully saturated rings. The number of H-pyrrole nitrogens is 1. The van der Waals surface area contributed by atoms with E-state index in [1.165, 1.54) is 6.07 Å². The zero-order valence-electron chi connectivity index (χ0n) is 7.73. The van der Waals surface area contributed by atoms with Crippen LogP contribution in [0.5, 0.6) is 0 Å². The Morgan fingerprint density at radius 1 is 1.24 bits per heavy atom. The van der Waals surface area contributed by atoms with Crippen molar-refractivity contribution in [3.05, 3.63) is 44.7 Å². The lowest BCUT2D eigenvalue weighted by atomic mass is 10.2. The molecule has 0 amide bonds. The molecule has 1 heterocycles. The van der Waals surface area contributed by atoms with E-state index >= 15 is 0 Å². The summed E-state index contributed by atoms with van der Waals surface area (Å²) < 4.78 is 37.8. The summed E-state index contributed by atoms with van der Waals surface area (Å²) in [7, 11) is 0. The number of aromatic amines is 1. The second kappa shape index (κ2) is 4.52. The molecular formula is C11H9BrF3NO. The summed E-state index contributed by atoms with van der Waals surface area (Å²) in [6.07, 6.45) is -4.55. The summed E-state index contributed by atoms with van der Waals surface area (Å²) in [5.74, 6) is 0. The van der Waals surface area contributed by atoms with E-state index < -0.39 is 17.3 Å². The van der Waals surface area contributed by atoms with Crippen LogP contribution in [0.3, 0.4) is 0 Å². The molecule has 0 aliphatic rings. The van der Waals surface area contributed by atoms with Crippen molar-refractivity contribution in [3.8, 4) is 0 Å². The maximum Gasteiger partial charge on any atom is 0.431 e. The van der Waals surface area contributed by atoms with Crippen LogP contribution in [0.4, 0.5) is 13.2 Å². The fourth-order valence-corrected chi connectivity index (χ4v) is 1.85. The Balaban J connectivity index is 0.00000144. The third kappa shape index (κ3) is 2.52. The van der Waals surface area contributed by atoms with Crippen LogP contribution < -0.4 is 5.43 Å². The molecule has 0 aliphatic heterocycles. The second-order valence-corrected chi connectivity index (χ2v) is 4.06. The summed E-state index contributed by atoms with van der Waals surface area (Å²) >= 11 is 3.09. The number of nitrogens with one attached hydrogen (secondary N) is 1. The predicted molar refractivity (Wildman–Crippen MR) is 64.0 cm³/mol. The van der Waals surface area contributed by atoms with Gasteiger partial charge in [0.25, 0.3) is 0 Å². The van der Waals surface area contributed by atoms with Gasteiger partial charge in [0.1, 0.15) is 5.69 Å². The fraction of sp³-hybridized carbons (Fsp3) is 0.182. The molecule has 17 heavy (non-hydrogen) atoms. The summed E-state index contributed by atoms with van der Waals surface area (Å²) in [6, 6.07) is 5.20. The Morgan fingerprint density at radius 3 is 2.47 bits per heavy atom. The van der Waals surface area contributed by atoms with Gasteiger partial charge in [-0.25, -0.2) is 0 Å². The van der Waals surface area contributed by atoms with E-state index in [-0.39, 0.29) is 18.3 Å². The van der Waals surface area contributed by atoms with Gasteiger partial charge in [-0.2, -0.15) is 13.2 Å². The number of benzene rings is 1. The molecule has 1 aromatic carbocycles. The van der Waals surface area contributed by atoms with Crippen LogP contribution >= 0.6 is 15.9 Å². The molecule has 2 aromatic rings. The summed E-state index contributed by atoms with van der Waals surface area (Å²) in [6.45, 7) is 0. The van der Waals surface area contributed by atoms with E-state index in [1.54, 1.807) is 12.1 Å². The number of alkyl halides is 3. The van der Waals surface area contributed by atoms with Crippen molar-refractivity contribution in [1.29, 1.82) is 0 Å². The number of aromatic nitrogens is 1. The number of halogens is 4. The van der Waals surface area contributed by atoms with Crippen molar-refractivity contribution in [2.75, 3.05) is 0 Å². The van der Waals surface area contributed by atoms with Crippen LogP contribution in [-0.4, -0.2) is 4.98 Å². The molecule has 2 rings (SSSR count). The average Bonchev–Trinajstić information content (AvgIpc) is 2.18. The molecule has 6 heteroatoms. The molecule has 0 bridgehead atoms. The van der Waals surface area contributed by atoms with Crippen molar-refractivity contribution in [2.24, 2.45) is 0 Å². The van der Waals surface area contributed by atoms with Gasteiger partial charge >= 0.3 is 6.18 Å². The first kappa shape index (κ1) is 13.8. The standard InChI is InChI=1S/C10H5BrF3NO.CH4/c11-6-3-1-2-5-7(16)4-8(10(12,13)14)15-9(5)6;/h1-4H,(H,15,16);1H4. The van der Waals surface area contributed by atoms with E-state index in [0.29, 0.717) is 10.5 Å². The Labute approximate surface area is 104 Å². The molecule has 0 atom stereocenters. The van der Waals surface area contributed by atoms with Gasteiger partial charge in [0.2, 0.25) is 0 Å². The normalized spacial score (nSPS) is 11.3. The van der Waals surface area contributed by atoms with Crippen molar-refractivity contribution in [1.82, 2.24) is 4.98 Å². The summed E-state index contributed by atoms with van der Waals surface area (Å²) in [5, 5.41) is 0.224. The number of rotatable bonds is 0. The Hall–Kier alpha value is -1.30. The third-order valence-corrected chi connectivity index (χ3v) is 2.78. The fourth-order valence-electron chi connectivity index (χ4n) is 1.39. The summed E-state index contributed by atoms with van der Waals surface area (Å²) in [5.41, 5.74) is -1.54. The quantitative estimate of drug-likeness (QED) is 0.785. The van der Waals surface area contributed by atoms with E-state index in [4.69, 9.17) is 0 Å². The molecule has 0 aliphatic carbocycles. The van der Waals surface area contributed by atoms with Crippen LogP contribution in [0.2, 0.25) is 0 Å². The molecule has 1 aromatic heterocycles. The van der Waals surface area contributed by atoms with Gasteiger partial charge < -0.3 is 4.98 Å². The topological polar surface area (TPSA) is 32.9 Å². The van der Waals surface area contributed by atoms with Crippen LogP contribution in [0.1, 0.15) is 13.1 Å². The maximum absolute atomic E-state index is 12.4. The van der Waals surface area contributed by atoms with E-state index in [2.05, 4.69) is 20.9 Å². The smallest absolute Gasteiger partial charge is 0.350 e. The van der Waals surface area contributed by atoms with Gasteiger partial charge in [-0.3, -0.25) is 4.79 Å². The van der Waals surface area contributed by atoms with Crippen molar-refractivity contribution < 1.29 is 13.2 Å². The van der Waals surface area contributed by atoms with Gasteiger partial charge in [-0.05, 0) is 28.1 Å². The molecule has 0 radical (unpaired) electrons. The minimum Gasteiger partial charge on any atom is -0.350 e. The first-order chi connectivity index (χ1) is 7.39. The van der Waals surface area contributed by atoms with E-state index in [0.717, 1.165) is 0 Å². The average molecular weight is 308 g/mol. The molecule has 1 N–H and O–H groups in total. The summed E-state index contributed by atoms with van der Waals surface area (Å²) in [4.78, 5) is 13.7. The molecule has 0 saturated carbocycles. The van der Waals surface area contributed by atoms with Crippen LogP contribution in [-0.2, 0) is 6.18 Å². The SMILES string of the molecule is C.O=c1cc(C(F)(F)F)[nH]c2c(Br)cccc12. The highest BCUT2D eigenvalue weighted by atomic mass is 79.9. The lowest BCUT2D eigenvalue weighted by molar-refractivity contribution is -0.141. The van der Waals surface area contributed by atoms with Gasteiger partial charge in [-0.1, -0.05) is 13.5 Å². The number of pyridine rings is 1. The van der Waals surface area contributed by atoms with Crippen molar-refractivity contribution in [2.45, 2.75) is 13.6 Å². The minimum absolute atomic E-state index is 0. The highest BCUT2D eigenvalue weighted by molar-refractivity contribution is 9.10. The molecule has 92 valence electrons. The Morgan fingerprint density at radius 2 is 1.88 bits per heavy atom. The van der Waals surface area contributed by atoms with Gasteiger partial charge in [0.15, 0.2) is 5.43 Å². The first-order valence-electron chi connectivity index (χ1n) is 4.28. The second-order valence-electron chi connectivity index (χ2n) is 3.21. The van der Waals surface area contributed by atoms with Crippen LogP contribution in [0.25, 0.3) is 10.9 Å². The van der Waals surface area contributed by atoms with Crippen LogP contribution in [0.15, 0.2) is 33.5 Å². The van der Waals surface area contributed by atoms with Crippen LogP contribution in [0, 0.1) is 0 Å². The number of para-hydroxylation sites is 1. The lowest BCUT2D eigenvalue weighted by Crippen LogP contribution is -2.13. The highest BCUT2D eigenvalue weighted by Gasteiger charge is 2.32. The number of fused-ring (bicyclic) bond motifs is 1. The zero-order valence-corrected chi connectivity index (χ0v) is 9.32. The van der Waals surface area contributed by atoms with Crippen molar-refractivity contribution >= 4 is 26.8 Å². The van der Waals surface area contributed by atoms with Crippen molar-refractivity contribution in [3.63, 3.8) is 0 Å². The lowest BCUT2D eigenvalue weighted by Gasteiger charge is -2.08. The first-order valence-corrected chi connectivity index (χ1v) is 5.07. The molecule has 2 nitrogen and oxygen atoms in total. The van der Waals surface area contributed by atoms with E-state index in [1.807, 2.05) is 0 Å². The Bertz CT molecular complexity index is 604. The molecule has 0 unspecified atom stereocenters. The molecular weight excluding hydrogens is 299 g/mol. The van der Waals surface area contributed by atoms with Gasteiger partial charge in [0, 0.05) is 15.9 Å². The molecule has 0 saturated heterocycles. The largest absolute Gasteiger partial charge is 0.431 e. The number of hydrogen-bond donors (Lipinski definition) is 1. The third-order valence-electron chi connectivity index (χ3n) is 2.12. The highest BCUT2D eigenvalue weighted by Crippen LogP contribution is 2.29. The number of hydrogen-bond acceptors (Lipinski definition) is 1. The predicted octanol–water partition coefficient (Wildman–Crippen LogP) is 3.95. The van der Waals surface area contributed by atoms with E-state index in [9.17, 15) is 18.0 Å². The zero-order chi connectivity index (χ0) is 11.9.